The van der Waals surface area contributed by atoms with E-state index in [0.717, 1.165) is 0 Å². The van der Waals surface area contributed by atoms with Crippen LogP contribution in [0.2, 0.25) is 0 Å². The van der Waals surface area contributed by atoms with E-state index < -0.39 is 5.91 Å². The summed E-state index contributed by atoms with van der Waals surface area (Å²) in [6.07, 6.45) is 0. The molecule has 2 rings (SSSR count). The van der Waals surface area contributed by atoms with Crippen molar-refractivity contribution in [1.29, 1.82) is 0 Å². The van der Waals surface area contributed by atoms with Gasteiger partial charge in [0, 0.05) is 0 Å². The van der Waals surface area contributed by atoms with Crippen LogP contribution < -0.4 is 11.1 Å². The third-order valence-electron chi connectivity index (χ3n) is 2.71. The van der Waals surface area contributed by atoms with E-state index in [9.17, 15) is 9.90 Å². The van der Waals surface area contributed by atoms with E-state index in [1.54, 1.807) is 26.0 Å². The van der Waals surface area contributed by atoms with Crippen LogP contribution >= 0.6 is 0 Å². The van der Waals surface area contributed by atoms with Crippen LogP contribution in [0.25, 0.3) is 0 Å². The number of carbonyl (C=O) groups is 1. The van der Waals surface area contributed by atoms with Gasteiger partial charge in [-0.25, -0.2) is 0 Å². The minimum Gasteiger partial charge on any atom is -0.507 e. The first kappa shape index (κ1) is 12.0. The van der Waals surface area contributed by atoms with Crippen LogP contribution in [0.5, 0.6) is 5.75 Å². The van der Waals surface area contributed by atoms with Gasteiger partial charge in [0.05, 0.1) is 16.9 Å². The fraction of sp³-hybridized carbons (Fsp3) is 0.167. The lowest BCUT2D eigenvalue weighted by molar-refractivity contribution is 0.102. The van der Waals surface area contributed by atoms with Gasteiger partial charge in [-0.2, -0.15) is 5.10 Å². The monoisotopic (exact) mass is 246 g/mol. The van der Waals surface area contributed by atoms with Crippen molar-refractivity contribution in [1.82, 2.24) is 10.2 Å². The molecule has 2 aromatic rings. The molecule has 6 nitrogen and oxygen atoms in total. The summed E-state index contributed by atoms with van der Waals surface area (Å²) in [6.45, 7) is 3.47. The van der Waals surface area contributed by atoms with E-state index in [1.165, 1.54) is 6.07 Å². The molecule has 0 saturated heterocycles. The van der Waals surface area contributed by atoms with E-state index in [-0.39, 0.29) is 17.1 Å². The van der Waals surface area contributed by atoms with Crippen LogP contribution in [-0.2, 0) is 0 Å². The van der Waals surface area contributed by atoms with Gasteiger partial charge in [-0.05, 0) is 25.5 Å². The minimum atomic E-state index is -0.450. The van der Waals surface area contributed by atoms with Crippen molar-refractivity contribution in [3.8, 4) is 5.75 Å². The number of nitrogens with one attached hydrogen (secondary N) is 2. The first-order chi connectivity index (χ1) is 8.50. The third-order valence-corrected chi connectivity index (χ3v) is 2.71. The maximum Gasteiger partial charge on any atom is 0.260 e. The second-order valence-electron chi connectivity index (χ2n) is 4.04. The van der Waals surface area contributed by atoms with Gasteiger partial charge in [0.2, 0.25) is 0 Å². The highest BCUT2D eigenvalue weighted by atomic mass is 16.3. The van der Waals surface area contributed by atoms with Crippen LogP contribution in [0.1, 0.15) is 21.6 Å². The van der Waals surface area contributed by atoms with E-state index in [4.69, 9.17) is 5.73 Å². The van der Waals surface area contributed by atoms with E-state index in [1.807, 2.05) is 0 Å². The zero-order valence-corrected chi connectivity index (χ0v) is 10.1. The number of aromatic amines is 1. The highest BCUT2D eigenvalue weighted by molar-refractivity contribution is 6.07. The molecule has 94 valence electrons. The fourth-order valence-corrected chi connectivity index (χ4v) is 1.55. The molecule has 0 saturated carbocycles. The fourth-order valence-electron chi connectivity index (χ4n) is 1.55. The highest BCUT2D eigenvalue weighted by Crippen LogP contribution is 2.24. The standard InChI is InChI=1S/C12H14N4O2/c1-6-4-3-5-8(10(6)17)12(18)14-11-9(13)7(2)15-16-11/h3-5,17H,13H2,1-2H3,(H2,14,15,16,18). The molecule has 0 unspecified atom stereocenters. The van der Waals surface area contributed by atoms with Gasteiger partial charge >= 0.3 is 0 Å². The van der Waals surface area contributed by atoms with Crippen LogP contribution in [0.3, 0.4) is 0 Å². The number of amides is 1. The molecule has 0 aliphatic rings. The molecule has 5 N–H and O–H groups in total. The Labute approximate surface area is 104 Å². The van der Waals surface area contributed by atoms with E-state index >= 15 is 0 Å². The summed E-state index contributed by atoms with van der Waals surface area (Å²) in [6, 6.07) is 4.95. The number of hydrogen-bond donors (Lipinski definition) is 4. The van der Waals surface area contributed by atoms with Crippen molar-refractivity contribution in [2.75, 3.05) is 11.1 Å². The van der Waals surface area contributed by atoms with Crippen molar-refractivity contribution in [2.45, 2.75) is 13.8 Å². The number of rotatable bonds is 2. The predicted octanol–water partition coefficient (Wildman–Crippen LogP) is 1.57. The highest BCUT2D eigenvalue weighted by Gasteiger charge is 2.15. The Bertz CT molecular complexity index is 604. The van der Waals surface area contributed by atoms with Gasteiger partial charge < -0.3 is 16.2 Å². The molecule has 0 spiro atoms. The van der Waals surface area contributed by atoms with Crippen LogP contribution in [0.15, 0.2) is 18.2 Å². The van der Waals surface area contributed by atoms with Gasteiger partial charge in [0.15, 0.2) is 5.82 Å². The lowest BCUT2D eigenvalue weighted by Gasteiger charge is -2.07. The summed E-state index contributed by atoms with van der Waals surface area (Å²) in [5, 5.41) is 18.9. The van der Waals surface area contributed by atoms with Crippen LogP contribution in [0, 0.1) is 13.8 Å². The van der Waals surface area contributed by atoms with Crippen molar-refractivity contribution >= 4 is 17.4 Å². The average molecular weight is 246 g/mol. The Morgan fingerprint density at radius 3 is 2.78 bits per heavy atom. The Morgan fingerprint density at radius 1 is 1.44 bits per heavy atom. The molecule has 1 aromatic heterocycles. The Hall–Kier alpha value is -2.50. The number of phenols is 1. The molecule has 0 aliphatic heterocycles. The molecule has 1 heterocycles. The lowest BCUT2D eigenvalue weighted by Crippen LogP contribution is -2.13. The summed E-state index contributed by atoms with van der Waals surface area (Å²) in [7, 11) is 0. The molecule has 0 fully saturated rings. The Balaban J connectivity index is 2.28. The first-order valence-electron chi connectivity index (χ1n) is 5.41. The zero-order chi connectivity index (χ0) is 13.3. The van der Waals surface area contributed by atoms with Crippen molar-refractivity contribution in [3.05, 3.63) is 35.0 Å². The topological polar surface area (TPSA) is 104 Å². The van der Waals surface area contributed by atoms with Gasteiger partial charge in [-0.1, -0.05) is 12.1 Å². The maximum atomic E-state index is 12.0. The average Bonchev–Trinajstić information content (AvgIpc) is 2.64. The molecular formula is C12H14N4O2. The number of para-hydroxylation sites is 1. The number of anilines is 2. The molecule has 1 amide bonds. The SMILES string of the molecule is Cc1cccc(C(=O)Nc2n[nH]c(C)c2N)c1O. The molecule has 18 heavy (non-hydrogen) atoms. The molecule has 6 heteroatoms. The summed E-state index contributed by atoms with van der Waals surface area (Å²) < 4.78 is 0. The quantitative estimate of drug-likeness (QED) is 0.645. The number of phenolic OH excluding ortho intramolecular Hbond substituents is 1. The maximum absolute atomic E-state index is 12.0. The van der Waals surface area contributed by atoms with Crippen molar-refractivity contribution < 1.29 is 9.90 Å². The Morgan fingerprint density at radius 2 is 2.17 bits per heavy atom. The lowest BCUT2D eigenvalue weighted by atomic mass is 10.1. The van der Waals surface area contributed by atoms with E-state index in [2.05, 4.69) is 15.5 Å². The molecular weight excluding hydrogens is 232 g/mol. The van der Waals surface area contributed by atoms with Crippen LogP contribution in [0.4, 0.5) is 11.5 Å². The number of carbonyl (C=O) groups excluding carboxylic acids is 1. The number of nitrogen functional groups attached to an aromatic ring is 1. The number of nitrogens with zero attached hydrogens (tertiary/aromatic N) is 1. The summed E-state index contributed by atoms with van der Waals surface area (Å²) in [5.74, 6) is -0.228. The van der Waals surface area contributed by atoms with Crippen molar-refractivity contribution in [3.63, 3.8) is 0 Å². The number of aryl methyl sites for hydroxylation is 2. The number of aromatic nitrogens is 2. The predicted molar refractivity (Wildman–Crippen MR) is 68.5 cm³/mol. The molecule has 1 aromatic carbocycles. The smallest absolute Gasteiger partial charge is 0.260 e. The first-order valence-corrected chi connectivity index (χ1v) is 5.41. The minimum absolute atomic E-state index is 0.0409. The van der Waals surface area contributed by atoms with Crippen LogP contribution in [-0.4, -0.2) is 21.2 Å². The molecule has 0 radical (unpaired) electrons. The Kier molecular flexibility index (Phi) is 2.93. The zero-order valence-electron chi connectivity index (χ0n) is 10.1. The number of nitrogens with two attached hydrogens (primary N) is 1. The number of benzene rings is 1. The number of hydrogen-bond acceptors (Lipinski definition) is 4. The largest absolute Gasteiger partial charge is 0.507 e. The molecule has 0 bridgehead atoms. The third kappa shape index (κ3) is 2.00. The van der Waals surface area contributed by atoms with Gasteiger partial charge in [0.25, 0.3) is 5.91 Å². The summed E-state index contributed by atoms with van der Waals surface area (Å²) >= 11 is 0. The van der Waals surface area contributed by atoms with E-state index in [0.29, 0.717) is 16.9 Å². The second-order valence-corrected chi connectivity index (χ2v) is 4.04. The second kappa shape index (κ2) is 4.40. The van der Waals surface area contributed by atoms with Crippen molar-refractivity contribution in [2.24, 2.45) is 0 Å². The summed E-state index contributed by atoms with van der Waals surface area (Å²) in [5.41, 5.74) is 7.61. The van der Waals surface area contributed by atoms with Gasteiger partial charge in [0.1, 0.15) is 5.75 Å². The summed E-state index contributed by atoms with van der Waals surface area (Å²) in [4.78, 5) is 12.0. The normalized spacial score (nSPS) is 10.3. The van der Waals surface area contributed by atoms with Gasteiger partial charge in [-0.3, -0.25) is 9.89 Å². The molecule has 0 atom stereocenters. The number of H-pyrrole nitrogens is 1. The van der Waals surface area contributed by atoms with Gasteiger partial charge in [-0.15, -0.1) is 0 Å². The molecule has 0 aliphatic carbocycles. The number of aromatic hydroxyl groups is 1.